The zero-order valence-corrected chi connectivity index (χ0v) is 22.8. The van der Waals surface area contributed by atoms with Gasteiger partial charge in [-0.1, -0.05) is 50.6 Å². The zero-order chi connectivity index (χ0) is 26.8. The molecule has 0 amide bonds. The van der Waals surface area contributed by atoms with Crippen LogP contribution in [0.3, 0.4) is 0 Å². The van der Waals surface area contributed by atoms with Crippen molar-refractivity contribution in [2.24, 2.45) is 5.41 Å². The lowest BCUT2D eigenvalue weighted by atomic mass is 9.99. The number of nitrogens with two attached hydrogens (primary N) is 1. The number of ether oxygens (including phenoxy) is 1. The van der Waals surface area contributed by atoms with E-state index in [2.05, 4.69) is 5.10 Å². The third kappa shape index (κ3) is 6.63. The van der Waals surface area contributed by atoms with E-state index < -0.39 is 15.6 Å². The second kappa shape index (κ2) is 10.7. The van der Waals surface area contributed by atoms with E-state index >= 15 is 0 Å². The Morgan fingerprint density at radius 1 is 1.05 bits per heavy atom. The SMILES string of the molecule is CC(C)(C)COc1c(N2CCN(S(=O)(=O)Cc3ccc(N)cc3)CC2)cnn(-c2cccc(Cl)c2)c1=O. The van der Waals surface area contributed by atoms with E-state index in [1.165, 1.54) is 8.99 Å². The van der Waals surface area contributed by atoms with Gasteiger partial charge in [0.1, 0.15) is 5.69 Å². The van der Waals surface area contributed by atoms with Crippen molar-refractivity contribution in [1.82, 2.24) is 14.1 Å². The monoisotopic (exact) mass is 545 g/mol. The van der Waals surface area contributed by atoms with Crippen molar-refractivity contribution in [2.75, 3.05) is 43.4 Å². The summed E-state index contributed by atoms with van der Waals surface area (Å²) in [4.78, 5) is 15.5. The molecule has 2 heterocycles. The van der Waals surface area contributed by atoms with E-state index in [1.54, 1.807) is 54.7 Å². The van der Waals surface area contributed by atoms with Gasteiger partial charge >= 0.3 is 5.56 Å². The molecule has 1 saturated heterocycles. The molecule has 1 aliphatic rings. The number of rotatable bonds is 7. The maximum absolute atomic E-state index is 13.5. The largest absolute Gasteiger partial charge is 0.486 e. The summed E-state index contributed by atoms with van der Waals surface area (Å²) in [5.74, 6) is 0.0906. The molecule has 0 aliphatic carbocycles. The number of hydrogen-bond donors (Lipinski definition) is 1. The van der Waals surface area contributed by atoms with Crippen molar-refractivity contribution in [3.05, 3.63) is 75.7 Å². The predicted molar refractivity (Wildman–Crippen MR) is 147 cm³/mol. The van der Waals surface area contributed by atoms with Crippen molar-refractivity contribution >= 4 is 33.0 Å². The maximum Gasteiger partial charge on any atom is 0.316 e. The van der Waals surface area contributed by atoms with Gasteiger partial charge in [-0.25, -0.2) is 8.42 Å². The molecular formula is C26H32ClN5O4S. The van der Waals surface area contributed by atoms with E-state index in [0.29, 0.717) is 47.3 Å². The van der Waals surface area contributed by atoms with Gasteiger partial charge < -0.3 is 15.4 Å². The first kappa shape index (κ1) is 27.0. The van der Waals surface area contributed by atoms with Crippen LogP contribution < -0.4 is 20.9 Å². The molecule has 11 heteroatoms. The number of benzene rings is 2. The quantitative estimate of drug-likeness (QED) is 0.452. The third-order valence-electron chi connectivity index (χ3n) is 5.92. The van der Waals surface area contributed by atoms with Crippen molar-refractivity contribution in [2.45, 2.75) is 26.5 Å². The van der Waals surface area contributed by atoms with E-state index in [1.807, 2.05) is 25.7 Å². The van der Waals surface area contributed by atoms with Crippen molar-refractivity contribution in [1.29, 1.82) is 0 Å². The van der Waals surface area contributed by atoms with E-state index in [0.717, 1.165) is 0 Å². The fourth-order valence-electron chi connectivity index (χ4n) is 3.99. The summed E-state index contributed by atoms with van der Waals surface area (Å²) < 4.78 is 34.9. The fraction of sp³-hybridized carbons (Fsp3) is 0.385. The molecule has 1 fully saturated rings. The normalized spacial score (nSPS) is 15.1. The number of anilines is 2. The lowest BCUT2D eigenvalue weighted by Gasteiger charge is -2.36. The molecule has 3 aromatic rings. The average molecular weight is 546 g/mol. The maximum atomic E-state index is 13.5. The number of halogens is 1. The zero-order valence-electron chi connectivity index (χ0n) is 21.2. The Hall–Kier alpha value is -3.08. The van der Waals surface area contributed by atoms with Gasteiger partial charge in [-0.05, 0) is 41.3 Å². The Morgan fingerprint density at radius 3 is 2.35 bits per heavy atom. The van der Waals surface area contributed by atoms with Gasteiger partial charge in [-0.2, -0.15) is 14.1 Å². The minimum Gasteiger partial charge on any atom is -0.486 e. The molecule has 0 spiro atoms. The molecule has 0 radical (unpaired) electrons. The van der Waals surface area contributed by atoms with Crippen molar-refractivity contribution < 1.29 is 13.2 Å². The minimum atomic E-state index is -3.51. The Morgan fingerprint density at radius 2 is 1.73 bits per heavy atom. The van der Waals surface area contributed by atoms with E-state index in [-0.39, 0.29) is 30.0 Å². The first-order chi connectivity index (χ1) is 17.4. The van der Waals surface area contributed by atoms with Crippen LogP contribution in [0.1, 0.15) is 26.3 Å². The van der Waals surface area contributed by atoms with Crippen LogP contribution >= 0.6 is 11.6 Å². The van der Waals surface area contributed by atoms with Gasteiger partial charge in [0.15, 0.2) is 0 Å². The molecule has 0 atom stereocenters. The average Bonchev–Trinajstić information content (AvgIpc) is 2.84. The summed E-state index contributed by atoms with van der Waals surface area (Å²) >= 11 is 6.13. The van der Waals surface area contributed by atoms with Crippen molar-refractivity contribution in [3.8, 4) is 11.4 Å². The summed E-state index contributed by atoms with van der Waals surface area (Å²) in [6.45, 7) is 7.76. The molecular weight excluding hydrogens is 514 g/mol. The molecule has 1 aromatic heterocycles. The highest BCUT2D eigenvalue weighted by atomic mass is 35.5. The van der Waals surface area contributed by atoms with Crippen LogP contribution in [0, 0.1) is 5.41 Å². The Kier molecular flexibility index (Phi) is 7.82. The van der Waals surface area contributed by atoms with Crippen LogP contribution in [0.2, 0.25) is 5.02 Å². The van der Waals surface area contributed by atoms with Crippen LogP contribution in [-0.4, -0.2) is 55.3 Å². The highest BCUT2D eigenvalue weighted by Crippen LogP contribution is 2.28. The molecule has 0 saturated carbocycles. The molecule has 198 valence electrons. The minimum absolute atomic E-state index is 0.0928. The van der Waals surface area contributed by atoms with Crippen LogP contribution in [0.15, 0.2) is 59.5 Å². The lowest BCUT2D eigenvalue weighted by Crippen LogP contribution is -2.49. The number of aromatic nitrogens is 2. The number of sulfonamides is 1. The summed E-state index contributed by atoms with van der Waals surface area (Å²) in [6.07, 6.45) is 1.60. The molecule has 1 aliphatic heterocycles. The molecule has 0 bridgehead atoms. The second-order valence-electron chi connectivity index (χ2n) is 10.3. The molecule has 4 rings (SSSR count). The highest BCUT2D eigenvalue weighted by Gasteiger charge is 2.30. The molecule has 2 aromatic carbocycles. The fourth-order valence-corrected chi connectivity index (χ4v) is 5.69. The summed E-state index contributed by atoms with van der Waals surface area (Å²) in [5.41, 5.74) is 7.48. The van der Waals surface area contributed by atoms with Gasteiger partial charge in [-0.15, -0.1) is 0 Å². The molecule has 0 unspecified atom stereocenters. The Bertz CT molecular complexity index is 1410. The van der Waals surface area contributed by atoms with E-state index in [4.69, 9.17) is 22.1 Å². The highest BCUT2D eigenvalue weighted by molar-refractivity contribution is 7.88. The van der Waals surface area contributed by atoms with Crippen LogP contribution in [0.25, 0.3) is 5.69 Å². The molecule has 9 nitrogen and oxygen atoms in total. The predicted octanol–water partition coefficient (Wildman–Crippen LogP) is 3.55. The number of hydrogen-bond acceptors (Lipinski definition) is 7. The van der Waals surface area contributed by atoms with Gasteiger partial charge in [0.25, 0.3) is 0 Å². The summed E-state index contributed by atoms with van der Waals surface area (Å²) in [6, 6.07) is 13.7. The smallest absolute Gasteiger partial charge is 0.316 e. The van der Waals surface area contributed by atoms with Gasteiger partial charge in [0.2, 0.25) is 15.8 Å². The first-order valence-corrected chi connectivity index (χ1v) is 14.0. The van der Waals surface area contributed by atoms with Gasteiger partial charge in [0.05, 0.1) is 24.2 Å². The van der Waals surface area contributed by atoms with Crippen LogP contribution in [-0.2, 0) is 15.8 Å². The molecule has 2 N–H and O–H groups in total. The third-order valence-corrected chi connectivity index (χ3v) is 8.00. The Balaban J connectivity index is 1.57. The van der Waals surface area contributed by atoms with Gasteiger partial charge in [-0.3, -0.25) is 4.79 Å². The van der Waals surface area contributed by atoms with Crippen LogP contribution in [0.5, 0.6) is 5.75 Å². The van der Waals surface area contributed by atoms with Gasteiger partial charge in [0, 0.05) is 36.9 Å². The molecule has 37 heavy (non-hydrogen) atoms. The first-order valence-electron chi connectivity index (χ1n) is 12.0. The van der Waals surface area contributed by atoms with Crippen molar-refractivity contribution in [3.63, 3.8) is 0 Å². The summed E-state index contributed by atoms with van der Waals surface area (Å²) in [7, 11) is -3.51. The van der Waals surface area contributed by atoms with E-state index in [9.17, 15) is 13.2 Å². The number of nitrogens with zero attached hydrogens (tertiary/aromatic N) is 4. The van der Waals surface area contributed by atoms with Crippen LogP contribution in [0.4, 0.5) is 11.4 Å². The number of nitrogen functional groups attached to an aromatic ring is 1. The standard InChI is InChI=1S/C26H32ClN5O4S/c1-26(2,3)18-36-24-23(16-29-32(25(24)33)22-6-4-5-20(27)15-22)30-11-13-31(14-12-30)37(34,35)17-19-7-9-21(28)10-8-19/h4-10,15-16H,11-14,17-18,28H2,1-3H3. The summed E-state index contributed by atoms with van der Waals surface area (Å²) in [5, 5.41) is 4.87. The lowest BCUT2D eigenvalue weighted by molar-refractivity contribution is 0.195. The second-order valence-corrected chi connectivity index (χ2v) is 12.7. The number of piperazine rings is 1. The topological polar surface area (TPSA) is 111 Å². The Labute approximate surface area is 222 Å².